The van der Waals surface area contributed by atoms with E-state index in [1.807, 2.05) is 47.4 Å². The maximum absolute atomic E-state index is 13.1. The molecule has 2 aromatic rings. The van der Waals surface area contributed by atoms with Gasteiger partial charge in [0, 0.05) is 42.9 Å². The van der Waals surface area contributed by atoms with Crippen LogP contribution in [0.2, 0.25) is 0 Å². The number of ether oxygens (including phenoxy) is 2. The number of rotatable bonds is 7. The summed E-state index contributed by atoms with van der Waals surface area (Å²) in [5.41, 5.74) is 3.79. The lowest BCUT2D eigenvalue weighted by atomic mass is 9.78. The molecule has 7 nitrogen and oxygen atoms in total. The molecule has 2 atom stereocenters. The zero-order valence-corrected chi connectivity index (χ0v) is 19.1. The standard InChI is InChI=1S/C26H30N2O5/c1-32-23-13-19-8-10-27-22(21(19)15-24(23)33-2)12-20-16-28(11-9-18(20)14-25(29)30)26(31)17-6-4-3-5-7-17/h3-7,13,15,18,20H,8-12,14,16H2,1-2H3,(H,29,30). The average molecular weight is 451 g/mol. The summed E-state index contributed by atoms with van der Waals surface area (Å²) in [5, 5.41) is 9.49. The minimum Gasteiger partial charge on any atom is -0.493 e. The van der Waals surface area contributed by atoms with Gasteiger partial charge in [-0.25, -0.2) is 0 Å². The predicted molar refractivity (Wildman–Crippen MR) is 125 cm³/mol. The van der Waals surface area contributed by atoms with Crippen molar-refractivity contribution in [2.75, 3.05) is 33.9 Å². The van der Waals surface area contributed by atoms with Crippen LogP contribution in [0.25, 0.3) is 0 Å². The molecule has 2 aliphatic rings. The lowest BCUT2D eigenvalue weighted by Crippen LogP contribution is -2.45. The zero-order chi connectivity index (χ0) is 23.4. The normalized spacial score (nSPS) is 19.9. The molecule has 2 aliphatic heterocycles. The number of benzene rings is 2. The third-order valence-corrected chi connectivity index (χ3v) is 6.70. The third-order valence-electron chi connectivity index (χ3n) is 6.70. The molecule has 4 rings (SSSR count). The third kappa shape index (κ3) is 5.02. The minimum absolute atomic E-state index is 0.00413. The van der Waals surface area contributed by atoms with Crippen LogP contribution in [0.4, 0.5) is 0 Å². The van der Waals surface area contributed by atoms with Crippen molar-refractivity contribution in [1.82, 2.24) is 4.90 Å². The highest BCUT2D eigenvalue weighted by atomic mass is 16.5. The lowest BCUT2D eigenvalue weighted by molar-refractivity contribution is -0.138. The molecule has 7 heteroatoms. The molecule has 0 radical (unpaired) electrons. The summed E-state index contributed by atoms with van der Waals surface area (Å²) < 4.78 is 11.0. The van der Waals surface area contributed by atoms with Crippen LogP contribution < -0.4 is 9.47 Å². The average Bonchev–Trinajstić information content (AvgIpc) is 2.84. The van der Waals surface area contributed by atoms with E-state index in [0.29, 0.717) is 49.5 Å². The van der Waals surface area contributed by atoms with Crippen molar-refractivity contribution < 1.29 is 24.2 Å². The summed E-state index contributed by atoms with van der Waals surface area (Å²) in [6.07, 6.45) is 2.21. The summed E-state index contributed by atoms with van der Waals surface area (Å²) in [7, 11) is 3.24. The van der Waals surface area contributed by atoms with Crippen LogP contribution in [-0.2, 0) is 11.2 Å². The summed E-state index contributed by atoms with van der Waals surface area (Å²) in [6, 6.07) is 13.2. The van der Waals surface area contributed by atoms with Gasteiger partial charge in [0.1, 0.15) is 0 Å². The molecule has 2 unspecified atom stereocenters. The first-order valence-corrected chi connectivity index (χ1v) is 11.3. The molecule has 2 heterocycles. The number of carbonyl (C=O) groups excluding carboxylic acids is 1. The summed E-state index contributed by atoms with van der Waals surface area (Å²) >= 11 is 0. The van der Waals surface area contributed by atoms with Gasteiger partial charge in [0.15, 0.2) is 11.5 Å². The summed E-state index contributed by atoms with van der Waals surface area (Å²) in [6.45, 7) is 1.77. The Bertz CT molecular complexity index is 1050. The van der Waals surface area contributed by atoms with Crippen molar-refractivity contribution in [2.24, 2.45) is 16.8 Å². The van der Waals surface area contributed by atoms with Crippen LogP contribution in [0, 0.1) is 11.8 Å². The predicted octanol–water partition coefficient (Wildman–Crippen LogP) is 3.69. The Balaban J connectivity index is 1.59. The van der Waals surface area contributed by atoms with Crippen molar-refractivity contribution >= 4 is 17.6 Å². The summed E-state index contributed by atoms with van der Waals surface area (Å²) in [4.78, 5) is 31.3. The Hall–Kier alpha value is -3.35. The number of likely N-dealkylation sites (tertiary alicyclic amines) is 1. The van der Waals surface area contributed by atoms with Crippen LogP contribution in [0.3, 0.4) is 0 Å². The van der Waals surface area contributed by atoms with Gasteiger partial charge < -0.3 is 19.5 Å². The molecule has 2 aromatic carbocycles. The molecular weight excluding hydrogens is 420 g/mol. The van der Waals surface area contributed by atoms with E-state index in [1.54, 1.807) is 14.2 Å². The second-order valence-electron chi connectivity index (χ2n) is 8.67. The molecule has 1 amide bonds. The number of aliphatic imine (C=N–C) groups is 1. The van der Waals surface area contributed by atoms with E-state index in [0.717, 1.165) is 23.3 Å². The molecule has 174 valence electrons. The fourth-order valence-corrected chi connectivity index (χ4v) is 4.97. The van der Waals surface area contributed by atoms with Gasteiger partial charge in [-0.15, -0.1) is 0 Å². The highest BCUT2D eigenvalue weighted by Crippen LogP contribution is 2.36. The van der Waals surface area contributed by atoms with Gasteiger partial charge in [-0.1, -0.05) is 18.2 Å². The second kappa shape index (κ2) is 10.1. The van der Waals surface area contributed by atoms with Gasteiger partial charge in [-0.3, -0.25) is 14.6 Å². The molecule has 0 aliphatic carbocycles. The Morgan fingerprint density at radius 3 is 2.52 bits per heavy atom. The van der Waals surface area contributed by atoms with E-state index in [4.69, 9.17) is 14.5 Å². The number of aliphatic carboxylic acids is 1. The molecule has 1 N–H and O–H groups in total. The van der Waals surface area contributed by atoms with Crippen LogP contribution >= 0.6 is 0 Å². The fourth-order valence-electron chi connectivity index (χ4n) is 4.97. The topological polar surface area (TPSA) is 88.4 Å². The maximum Gasteiger partial charge on any atom is 0.303 e. The SMILES string of the molecule is COc1cc2c(cc1OC)C(CC1CN(C(=O)c3ccccc3)CCC1CC(=O)O)=NCC2. The van der Waals surface area contributed by atoms with Gasteiger partial charge >= 0.3 is 5.97 Å². The number of carboxylic acid groups (broad SMARTS) is 1. The van der Waals surface area contributed by atoms with E-state index < -0.39 is 5.97 Å². The molecule has 0 spiro atoms. The zero-order valence-electron chi connectivity index (χ0n) is 19.1. The first-order chi connectivity index (χ1) is 16.0. The number of hydrogen-bond donors (Lipinski definition) is 1. The van der Waals surface area contributed by atoms with E-state index >= 15 is 0 Å². The van der Waals surface area contributed by atoms with Gasteiger partial charge in [-0.2, -0.15) is 0 Å². The Morgan fingerprint density at radius 1 is 1.09 bits per heavy atom. The van der Waals surface area contributed by atoms with Gasteiger partial charge in [0.2, 0.25) is 0 Å². The Kier molecular flexibility index (Phi) is 6.96. The monoisotopic (exact) mass is 450 g/mol. The van der Waals surface area contributed by atoms with Crippen LogP contribution in [-0.4, -0.2) is 61.4 Å². The molecule has 1 saturated heterocycles. The van der Waals surface area contributed by atoms with E-state index in [-0.39, 0.29) is 24.2 Å². The second-order valence-corrected chi connectivity index (χ2v) is 8.67. The fraction of sp³-hybridized carbons (Fsp3) is 0.423. The highest BCUT2D eigenvalue weighted by Gasteiger charge is 2.34. The van der Waals surface area contributed by atoms with Crippen molar-refractivity contribution in [2.45, 2.75) is 25.7 Å². The first-order valence-electron chi connectivity index (χ1n) is 11.3. The molecular formula is C26H30N2O5. The molecule has 0 saturated carbocycles. The number of carbonyl (C=O) groups is 2. The van der Waals surface area contributed by atoms with Crippen LogP contribution in [0.5, 0.6) is 11.5 Å². The van der Waals surface area contributed by atoms with Gasteiger partial charge in [-0.05, 0) is 60.9 Å². The molecule has 1 fully saturated rings. The molecule has 33 heavy (non-hydrogen) atoms. The quantitative estimate of drug-likeness (QED) is 0.695. The number of hydrogen-bond acceptors (Lipinski definition) is 5. The molecule has 0 bridgehead atoms. The highest BCUT2D eigenvalue weighted by molar-refractivity contribution is 6.03. The van der Waals surface area contributed by atoms with Crippen molar-refractivity contribution in [3.63, 3.8) is 0 Å². The van der Waals surface area contributed by atoms with Crippen molar-refractivity contribution in [3.8, 4) is 11.5 Å². The Labute approximate surface area is 194 Å². The lowest BCUT2D eigenvalue weighted by Gasteiger charge is -2.39. The van der Waals surface area contributed by atoms with Crippen molar-refractivity contribution in [1.29, 1.82) is 0 Å². The molecule has 0 aromatic heterocycles. The smallest absolute Gasteiger partial charge is 0.303 e. The Morgan fingerprint density at radius 2 is 1.82 bits per heavy atom. The number of amides is 1. The number of methoxy groups -OCH3 is 2. The number of piperidine rings is 1. The number of carboxylic acids is 1. The van der Waals surface area contributed by atoms with Crippen LogP contribution in [0.1, 0.15) is 40.7 Å². The maximum atomic E-state index is 13.1. The summed E-state index contributed by atoms with van der Waals surface area (Å²) in [5.74, 6) is 0.545. The van der Waals surface area contributed by atoms with Gasteiger partial charge in [0.05, 0.1) is 14.2 Å². The van der Waals surface area contributed by atoms with Gasteiger partial charge in [0.25, 0.3) is 5.91 Å². The van der Waals surface area contributed by atoms with E-state index in [9.17, 15) is 14.7 Å². The van der Waals surface area contributed by atoms with Crippen LogP contribution in [0.15, 0.2) is 47.5 Å². The van der Waals surface area contributed by atoms with E-state index in [2.05, 4.69) is 0 Å². The largest absolute Gasteiger partial charge is 0.493 e. The minimum atomic E-state index is -0.801. The van der Waals surface area contributed by atoms with E-state index in [1.165, 1.54) is 0 Å². The number of fused-ring (bicyclic) bond motifs is 1. The first kappa shape index (κ1) is 22.8. The van der Waals surface area contributed by atoms with Crippen molar-refractivity contribution in [3.05, 3.63) is 59.2 Å². The number of nitrogens with zero attached hydrogens (tertiary/aromatic N) is 2.